The minimum atomic E-state index is 0.201. The first-order valence-electron chi connectivity index (χ1n) is 8.29. The van der Waals surface area contributed by atoms with E-state index < -0.39 is 0 Å². The molecule has 23 heavy (non-hydrogen) atoms. The average Bonchev–Trinajstić information content (AvgIpc) is 3.14. The van der Waals surface area contributed by atoms with Gasteiger partial charge < -0.3 is 10.1 Å². The molecule has 0 aliphatic carbocycles. The maximum atomic E-state index is 6.01. The van der Waals surface area contributed by atoms with Crippen molar-refractivity contribution in [3.63, 3.8) is 0 Å². The summed E-state index contributed by atoms with van der Waals surface area (Å²) in [6, 6.07) is 7.83. The second kappa shape index (κ2) is 5.57. The molecule has 120 valence electrons. The summed E-state index contributed by atoms with van der Waals surface area (Å²) in [4.78, 5) is 13.4. The number of aromatic nitrogens is 3. The molecule has 3 atom stereocenters. The third-order valence-corrected chi connectivity index (χ3v) is 5.02. The second-order valence-corrected chi connectivity index (χ2v) is 6.94. The summed E-state index contributed by atoms with van der Waals surface area (Å²) in [5.74, 6) is 1.62. The fourth-order valence-electron chi connectivity index (χ4n) is 3.80. The molecule has 1 N–H and O–H groups in total. The van der Waals surface area contributed by atoms with E-state index in [1.807, 2.05) is 31.2 Å². The molecule has 2 aliphatic heterocycles. The summed E-state index contributed by atoms with van der Waals surface area (Å²) in [7, 11) is 0. The van der Waals surface area contributed by atoms with Crippen LogP contribution in [0.25, 0.3) is 11.4 Å². The van der Waals surface area contributed by atoms with Crippen molar-refractivity contribution < 1.29 is 4.74 Å². The molecular formula is C18H22N4O. The van der Waals surface area contributed by atoms with Crippen molar-refractivity contribution in [2.45, 2.75) is 45.3 Å². The van der Waals surface area contributed by atoms with Gasteiger partial charge >= 0.3 is 0 Å². The van der Waals surface area contributed by atoms with Crippen LogP contribution in [0, 0.1) is 12.3 Å². The number of rotatable bonds is 4. The molecule has 0 saturated carbocycles. The Morgan fingerprint density at radius 1 is 1.26 bits per heavy atom. The van der Waals surface area contributed by atoms with Gasteiger partial charge in [0.05, 0.1) is 23.6 Å². The zero-order valence-electron chi connectivity index (χ0n) is 13.6. The largest absolute Gasteiger partial charge is 0.374 e. The highest BCUT2D eigenvalue weighted by Gasteiger charge is 2.49. The zero-order valence-corrected chi connectivity index (χ0v) is 13.6. The number of nitrogens with zero attached hydrogens (tertiary/aromatic N) is 3. The van der Waals surface area contributed by atoms with Gasteiger partial charge in [0.2, 0.25) is 0 Å². The molecule has 5 heteroatoms. The normalized spacial score (nSPS) is 29.0. The predicted octanol–water partition coefficient (Wildman–Crippen LogP) is 3.22. The molecule has 3 unspecified atom stereocenters. The molecular weight excluding hydrogens is 288 g/mol. The maximum absolute atomic E-state index is 6.01. The van der Waals surface area contributed by atoms with E-state index in [0.717, 1.165) is 36.0 Å². The molecule has 2 aromatic rings. The lowest BCUT2D eigenvalue weighted by atomic mass is 9.75. The average molecular weight is 310 g/mol. The van der Waals surface area contributed by atoms with E-state index in [-0.39, 0.29) is 5.41 Å². The van der Waals surface area contributed by atoms with Gasteiger partial charge in [-0.3, -0.25) is 4.98 Å². The van der Waals surface area contributed by atoms with Gasteiger partial charge in [-0.05, 0) is 38.3 Å². The molecule has 2 aliphatic rings. The van der Waals surface area contributed by atoms with E-state index in [1.54, 1.807) is 6.20 Å². The zero-order chi connectivity index (χ0) is 15.9. The van der Waals surface area contributed by atoms with Crippen molar-refractivity contribution >= 4 is 5.82 Å². The second-order valence-electron chi connectivity index (χ2n) is 6.94. The first-order valence-corrected chi connectivity index (χ1v) is 8.29. The molecule has 0 spiro atoms. The van der Waals surface area contributed by atoms with Crippen molar-refractivity contribution in [1.82, 2.24) is 15.0 Å². The molecule has 0 aromatic carbocycles. The molecule has 2 saturated heterocycles. The Kier molecular flexibility index (Phi) is 3.53. The molecule has 5 nitrogen and oxygen atoms in total. The van der Waals surface area contributed by atoms with Gasteiger partial charge in [0.25, 0.3) is 0 Å². The van der Waals surface area contributed by atoms with E-state index >= 15 is 0 Å². The summed E-state index contributed by atoms with van der Waals surface area (Å²) in [6.45, 7) is 5.11. The van der Waals surface area contributed by atoms with Crippen molar-refractivity contribution in [2.24, 2.45) is 5.41 Å². The molecule has 0 amide bonds. The van der Waals surface area contributed by atoms with Crippen LogP contribution in [0.15, 0.2) is 30.5 Å². The van der Waals surface area contributed by atoms with E-state index in [2.05, 4.69) is 27.2 Å². The molecule has 2 aromatic heterocycles. The van der Waals surface area contributed by atoms with E-state index in [4.69, 9.17) is 4.74 Å². The number of fused-ring (bicyclic) bond motifs is 2. The molecule has 4 rings (SSSR count). The third kappa shape index (κ3) is 2.81. The summed E-state index contributed by atoms with van der Waals surface area (Å²) in [5, 5.41) is 3.50. The van der Waals surface area contributed by atoms with Crippen LogP contribution >= 0.6 is 0 Å². The first kappa shape index (κ1) is 14.6. The minimum Gasteiger partial charge on any atom is -0.374 e. The Hall–Kier alpha value is -2.01. The number of hydrogen-bond donors (Lipinski definition) is 1. The van der Waals surface area contributed by atoms with Crippen molar-refractivity contribution in [1.29, 1.82) is 0 Å². The topological polar surface area (TPSA) is 59.9 Å². The van der Waals surface area contributed by atoms with Crippen LogP contribution in [-0.2, 0) is 4.74 Å². The third-order valence-electron chi connectivity index (χ3n) is 5.02. The lowest BCUT2D eigenvalue weighted by Crippen LogP contribution is -2.36. The maximum Gasteiger partial charge on any atom is 0.130 e. The SMILES string of the molecule is Cc1nc(NCC2(C)CC3CCC2O3)cc(-c2ccccn2)n1. The fourth-order valence-corrected chi connectivity index (χ4v) is 3.80. The lowest BCUT2D eigenvalue weighted by molar-refractivity contribution is 0.0718. The molecule has 2 bridgehead atoms. The van der Waals surface area contributed by atoms with Crippen molar-refractivity contribution in [3.8, 4) is 11.4 Å². The predicted molar refractivity (Wildman–Crippen MR) is 89.1 cm³/mol. The Morgan fingerprint density at radius 3 is 2.87 bits per heavy atom. The van der Waals surface area contributed by atoms with Gasteiger partial charge in [-0.1, -0.05) is 13.0 Å². The highest BCUT2D eigenvalue weighted by Crippen LogP contribution is 2.47. The number of anilines is 1. The highest BCUT2D eigenvalue weighted by molar-refractivity contribution is 5.58. The van der Waals surface area contributed by atoms with Gasteiger partial charge in [0, 0.05) is 24.2 Å². The van der Waals surface area contributed by atoms with Crippen LogP contribution in [0.1, 0.15) is 32.0 Å². The first-order chi connectivity index (χ1) is 11.1. The Morgan fingerprint density at radius 2 is 2.17 bits per heavy atom. The molecule has 2 fully saturated rings. The van der Waals surface area contributed by atoms with Crippen LogP contribution in [-0.4, -0.2) is 33.7 Å². The monoisotopic (exact) mass is 310 g/mol. The van der Waals surface area contributed by atoms with Crippen LogP contribution < -0.4 is 5.32 Å². The fraction of sp³-hybridized carbons (Fsp3) is 0.500. The van der Waals surface area contributed by atoms with Crippen molar-refractivity contribution in [2.75, 3.05) is 11.9 Å². The quantitative estimate of drug-likeness (QED) is 0.939. The smallest absolute Gasteiger partial charge is 0.130 e. The van der Waals surface area contributed by atoms with Crippen molar-refractivity contribution in [3.05, 3.63) is 36.3 Å². The van der Waals surface area contributed by atoms with Gasteiger partial charge in [-0.25, -0.2) is 9.97 Å². The number of pyridine rings is 1. The number of nitrogens with one attached hydrogen (secondary N) is 1. The van der Waals surface area contributed by atoms with E-state index in [9.17, 15) is 0 Å². The van der Waals surface area contributed by atoms with Crippen LogP contribution in [0.4, 0.5) is 5.82 Å². The summed E-state index contributed by atoms with van der Waals surface area (Å²) in [6.07, 6.45) is 6.18. The van der Waals surface area contributed by atoms with Gasteiger partial charge in [-0.15, -0.1) is 0 Å². The number of ether oxygens (including phenoxy) is 1. The minimum absolute atomic E-state index is 0.201. The highest BCUT2D eigenvalue weighted by atomic mass is 16.5. The van der Waals surface area contributed by atoms with Gasteiger partial charge in [-0.2, -0.15) is 0 Å². The Balaban J connectivity index is 1.52. The van der Waals surface area contributed by atoms with Crippen LogP contribution in [0.2, 0.25) is 0 Å². The van der Waals surface area contributed by atoms with Gasteiger partial charge in [0.15, 0.2) is 0 Å². The summed E-state index contributed by atoms with van der Waals surface area (Å²) >= 11 is 0. The van der Waals surface area contributed by atoms with E-state index in [1.165, 1.54) is 12.8 Å². The summed E-state index contributed by atoms with van der Waals surface area (Å²) < 4.78 is 6.01. The number of hydrogen-bond acceptors (Lipinski definition) is 5. The number of aryl methyl sites for hydroxylation is 1. The molecule has 0 radical (unpaired) electrons. The Bertz CT molecular complexity index is 705. The molecule has 4 heterocycles. The standard InChI is InChI=1S/C18H22N4O/c1-12-21-15(14-5-3-4-8-19-14)9-17(22-12)20-11-18(2)10-13-6-7-16(18)23-13/h3-5,8-9,13,16H,6-7,10-11H2,1-2H3,(H,20,21,22). The summed E-state index contributed by atoms with van der Waals surface area (Å²) in [5.41, 5.74) is 1.93. The lowest BCUT2D eigenvalue weighted by Gasteiger charge is -2.31. The van der Waals surface area contributed by atoms with Crippen LogP contribution in [0.5, 0.6) is 0 Å². The Labute approximate surface area is 136 Å². The van der Waals surface area contributed by atoms with Gasteiger partial charge in [0.1, 0.15) is 11.6 Å². The van der Waals surface area contributed by atoms with E-state index in [0.29, 0.717) is 12.2 Å². The van der Waals surface area contributed by atoms with Crippen LogP contribution in [0.3, 0.4) is 0 Å².